The molecule has 0 fully saturated rings. The normalized spacial score (nSPS) is 10.3. The summed E-state index contributed by atoms with van der Waals surface area (Å²) in [6.45, 7) is 0.568. The molecule has 0 unspecified atom stereocenters. The number of rotatable bonds is 8. The van der Waals surface area contributed by atoms with Crippen LogP contribution in [0.25, 0.3) is 0 Å². The minimum Gasteiger partial charge on any atom is -0.478 e. The predicted octanol–water partition coefficient (Wildman–Crippen LogP) is 3.50. The smallest absolute Gasteiger partial charge is 0.338 e. The minimum atomic E-state index is -1.25. The monoisotopic (exact) mass is 318 g/mol. The van der Waals surface area contributed by atoms with Crippen molar-refractivity contribution >= 4 is 40.7 Å². The zero-order valence-electron chi connectivity index (χ0n) is 10.9. The van der Waals surface area contributed by atoms with E-state index in [9.17, 15) is 14.9 Å². The molecule has 0 amide bonds. The van der Waals surface area contributed by atoms with E-state index in [0.29, 0.717) is 6.54 Å². The van der Waals surface area contributed by atoms with E-state index in [4.69, 9.17) is 16.7 Å². The zero-order chi connectivity index (χ0) is 15.1. The molecular weight excluding hydrogens is 304 g/mol. The Labute approximate surface area is 125 Å². The fourth-order valence-electron chi connectivity index (χ4n) is 1.63. The van der Waals surface area contributed by atoms with Crippen LogP contribution in [0, 0.1) is 10.1 Å². The number of nitro benzene ring substituents is 1. The third kappa shape index (κ3) is 4.57. The first kappa shape index (κ1) is 16.6. The van der Waals surface area contributed by atoms with E-state index in [2.05, 4.69) is 5.32 Å². The summed E-state index contributed by atoms with van der Waals surface area (Å²) < 4.78 is 0. The summed E-state index contributed by atoms with van der Waals surface area (Å²) in [5.41, 5.74) is -0.289. The molecule has 0 aliphatic heterocycles. The molecule has 0 aliphatic rings. The number of carbonyl (C=O) groups is 1. The van der Waals surface area contributed by atoms with Crippen LogP contribution in [0.4, 0.5) is 11.4 Å². The van der Waals surface area contributed by atoms with Gasteiger partial charge in [-0.2, -0.15) is 11.8 Å². The second-order valence-corrected chi connectivity index (χ2v) is 5.43. The van der Waals surface area contributed by atoms with Crippen molar-refractivity contribution < 1.29 is 14.8 Å². The number of nitro groups is 1. The van der Waals surface area contributed by atoms with Gasteiger partial charge in [-0.3, -0.25) is 10.1 Å². The number of hydrogen-bond acceptors (Lipinski definition) is 5. The van der Waals surface area contributed by atoms with Gasteiger partial charge >= 0.3 is 5.97 Å². The van der Waals surface area contributed by atoms with Gasteiger partial charge in [0.25, 0.3) is 5.69 Å². The van der Waals surface area contributed by atoms with E-state index >= 15 is 0 Å². The Kier molecular flexibility index (Phi) is 6.60. The van der Waals surface area contributed by atoms with Crippen molar-refractivity contribution in [1.29, 1.82) is 0 Å². The number of aromatic carboxylic acids is 1. The van der Waals surface area contributed by atoms with Crippen molar-refractivity contribution in [2.45, 2.75) is 12.8 Å². The number of thioether (sulfide) groups is 1. The SMILES string of the molecule is CSCCCCNc1c(Cl)cc([N+](=O)[O-])cc1C(=O)O. The van der Waals surface area contributed by atoms with Gasteiger partial charge in [-0.1, -0.05) is 11.6 Å². The van der Waals surface area contributed by atoms with E-state index < -0.39 is 10.9 Å². The number of anilines is 1. The Balaban J connectivity index is 2.88. The molecule has 20 heavy (non-hydrogen) atoms. The zero-order valence-corrected chi connectivity index (χ0v) is 12.5. The molecule has 0 aliphatic carbocycles. The van der Waals surface area contributed by atoms with Crippen molar-refractivity contribution in [2.24, 2.45) is 0 Å². The Hall–Kier alpha value is -1.47. The molecule has 2 N–H and O–H groups in total. The highest BCUT2D eigenvalue weighted by Crippen LogP contribution is 2.31. The molecule has 0 aromatic heterocycles. The first-order valence-corrected chi connectivity index (χ1v) is 7.68. The summed E-state index contributed by atoms with van der Waals surface area (Å²) in [6, 6.07) is 2.16. The van der Waals surface area contributed by atoms with Crippen LogP contribution in [0.15, 0.2) is 12.1 Å². The molecule has 8 heteroatoms. The van der Waals surface area contributed by atoms with Crippen LogP contribution in [-0.4, -0.2) is 34.6 Å². The summed E-state index contributed by atoms with van der Waals surface area (Å²) in [4.78, 5) is 21.2. The number of non-ortho nitro benzene ring substituents is 1. The van der Waals surface area contributed by atoms with Gasteiger partial charge < -0.3 is 10.4 Å². The highest BCUT2D eigenvalue weighted by Gasteiger charge is 2.19. The number of carboxylic acid groups (broad SMARTS) is 1. The quantitative estimate of drug-likeness (QED) is 0.433. The number of nitrogens with zero attached hydrogens (tertiary/aromatic N) is 1. The van der Waals surface area contributed by atoms with Crippen molar-refractivity contribution in [3.8, 4) is 0 Å². The van der Waals surface area contributed by atoms with Gasteiger partial charge in [-0.25, -0.2) is 4.79 Å². The van der Waals surface area contributed by atoms with E-state index in [1.807, 2.05) is 6.26 Å². The van der Waals surface area contributed by atoms with Crippen LogP contribution >= 0.6 is 23.4 Å². The molecule has 0 saturated heterocycles. The number of hydrogen-bond donors (Lipinski definition) is 2. The summed E-state index contributed by atoms with van der Waals surface area (Å²) in [6.07, 6.45) is 3.89. The van der Waals surface area contributed by atoms with Crippen molar-refractivity contribution in [2.75, 3.05) is 23.9 Å². The van der Waals surface area contributed by atoms with Gasteiger partial charge in [-0.05, 0) is 24.9 Å². The molecule has 1 aromatic rings. The molecular formula is C12H15ClN2O4S. The van der Waals surface area contributed by atoms with Crippen molar-refractivity contribution in [3.63, 3.8) is 0 Å². The average Bonchev–Trinajstić information content (AvgIpc) is 2.39. The van der Waals surface area contributed by atoms with E-state index in [0.717, 1.165) is 30.7 Å². The van der Waals surface area contributed by atoms with Gasteiger partial charge in [0.15, 0.2) is 0 Å². The molecule has 0 bridgehead atoms. The number of unbranched alkanes of at least 4 members (excludes halogenated alkanes) is 1. The molecule has 0 atom stereocenters. The van der Waals surface area contributed by atoms with Crippen LogP contribution in [0.2, 0.25) is 5.02 Å². The first-order valence-electron chi connectivity index (χ1n) is 5.91. The van der Waals surface area contributed by atoms with Gasteiger partial charge in [0.05, 0.1) is 21.2 Å². The van der Waals surface area contributed by atoms with Crippen LogP contribution in [0.1, 0.15) is 23.2 Å². The van der Waals surface area contributed by atoms with Crippen molar-refractivity contribution in [3.05, 3.63) is 32.8 Å². The summed E-state index contributed by atoms with van der Waals surface area (Å²) in [7, 11) is 0. The minimum absolute atomic E-state index is 0.0430. The fraction of sp³-hybridized carbons (Fsp3) is 0.417. The highest BCUT2D eigenvalue weighted by molar-refractivity contribution is 7.98. The largest absolute Gasteiger partial charge is 0.478 e. The molecule has 0 radical (unpaired) electrons. The van der Waals surface area contributed by atoms with E-state index in [-0.39, 0.29) is 22.0 Å². The molecule has 6 nitrogen and oxygen atoms in total. The van der Waals surface area contributed by atoms with Gasteiger partial charge in [0.1, 0.15) is 0 Å². The Bertz CT molecular complexity index is 510. The van der Waals surface area contributed by atoms with Gasteiger partial charge in [0, 0.05) is 18.7 Å². The van der Waals surface area contributed by atoms with Crippen LogP contribution in [0.5, 0.6) is 0 Å². The molecule has 1 aromatic carbocycles. The lowest BCUT2D eigenvalue weighted by Crippen LogP contribution is -2.09. The third-order valence-electron chi connectivity index (χ3n) is 2.59. The number of halogens is 1. The summed E-state index contributed by atoms with van der Waals surface area (Å²) in [5, 5.41) is 22.8. The Morgan fingerprint density at radius 1 is 1.50 bits per heavy atom. The summed E-state index contributed by atoms with van der Waals surface area (Å²) in [5.74, 6) is -0.219. The van der Waals surface area contributed by atoms with Crippen LogP contribution < -0.4 is 5.32 Å². The number of nitrogens with one attached hydrogen (secondary N) is 1. The predicted molar refractivity (Wildman–Crippen MR) is 81.2 cm³/mol. The maximum absolute atomic E-state index is 11.2. The molecule has 1 rings (SSSR count). The third-order valence-corrected chi connectivity index (χ3v) is 3.59. The van der Waals surface area contributed by atoms with Gasteiger partial charge in [0.2, 0.25) is 0 Å². The standard InChI is InChI=1S/C12H15ClN2O4S/c1-20-5-3-2-4-14-11-9(12(16)17)6-8(15(18)19)7-10(11)13/h6-7,14H,2-5H2,1H3,(H,16,17). The lowest BCUT2D eigenvalue weighted by Gasteiger charge is -2.11. The maximum atomic E-state index is 11.2. The second kappa shape index (κ2) is 7.96. The van der Waals surface area contributed by atoms with Gasteiger partial charge in [-0.15, -0.1) is 0 Å². The maximum Gasteiger partial charge on any atom is 0.338 e. The lowest BCUT2D eigenvalue weighted by atomic mass is 10.1. The topological polar surface area (TPSA) is 92.5 Å². The van der Waals surface area contributed by atoms with Crippen LogP contribution in [0.3, 0.4) is 0 Å². The van der Waals surface area contributed by atoms with E-state index in [1.165, 1.54) is 0 Å². The van der Waals surface area contributed by atoms with Crippen molar-refractivity contribution in [1.82, 2.24) is 0 Å². The lowest BCUT2D eigenvalue weighted by molar-refractivity contribution is -0.384. The molecule has 0 spiro atoms. The number of benzene rings is 1. The van der Waals surface area contributed by atoms with E-state index in [1.54, 1.807) is 11.8 Å². The second-order valence-electron chi connectivity index (χ2n) is 4.04. The Morgan fingerprint density at radius 3 is 2.75 bits per heavy atom. The first-order chi connectivity index (χ1) is 9.47. The average molecular weight is 319 g/mol. The summed E-state index contributed by atoms with van der Waals surface area (Å²) >= 11 is 7.67. The molecule has 110 valence electrons. The fourth-order valence-corrected chi connectivity index (χ4v) is 2.40. The number of carboxylic acids is 1. The Morgan fingerprint density at radius 2 is 2.20 bits per heavy atom. The van der Waals surface area contributed by atoms with Crippen LogP contribution in [-0.2, 0) is 0 Å². The molecule has 0 saturated carbocycles. The molecule has 0 heterocycles. The highest BCUT2D eigenvalue weighted by atomic mass is 35.5.